The first-order valence-electron chi connectivity index (χ1n) is 3.73. The summed E-state index contributed by atoms with van der Waals surface area (Å²) < 4.78 is 0. The predicted molar refractivity (Wildman–Crippen MR) is 49.6 cm³/mol. The first-order valence-corrected chi connectivity index (χ1v) is 3.73. The van der Waals surface area contributed by atoms with Crippen molar-refractivity contribution in [3.8, 4) is 17.6 Å². The van der Waals surface area contributed by atoms with Crippen LogP contribution in [0.3, 0.4) is 0 Å². The Morgan fingerprint density at radius 1 is 1.50 bits per heavy atom. The van der Waals surface area contributed by atoms with Crippen LogP contribution >= 0.6 is 0 Å². The molecule has 1 aromatic rings. The molecule has 1 amide bonds. The molecule has 0 aliphatic carbocycles. The van der Waals surface area contributed by atoms with Gasteiger partial charge in [0.25, 0.3) is 5.91 Å². The molecule has 0 aromatic heterocycles. The number of primary amides is 1. The lowest BCUT2D eigenvalue weighted by Gasteiger charge is -1.96. The minimum atomic E-state index is -0.745. The standard InChI is InChI=1S/C10H7NO3/c11-10(14)4-2-7-1-3-9(13)8(5-7)6-12/h1,3,5-6,13H,(H2,11,14). The Bertz CT molecular complexity index is 440. The number of benzene rings is 1. The molecule has 0 aliphatic rings. The Morgan fingerprint density at radius 3 is 2.79 bits per heavy atom. The van der Waals surface area contributed by atoms with E-state index in [1.54, 1.807) is 0 Å². The second-order valence-electron chi connectivity index (χ2n) is 2.51. The largest absolute Gasteiger partial charge is 0.507 e. The van der Waals surface area contributed by atoms with Crippen LogP contribution in [-0.2, 0) is 4.79 Å². The lowest BCUT2D eigenvalue weighted by Crippen LogP contribution is -2.06. The molecule has 0 saturated heterocycles. The van der Waals surface area contributed by atoms with Gasteiger partial charge in [-0.15, -0.1) is 0 Å². The molecule has 0 aliphatic heterocycles. The molecular formula is C10H7NO3. The normalized spacial score (nSPS) is 8.57. The zero-order valence-electron chi connectivity index (χ0n) is 7.15. The topological polar surface area (TPSA) is 80.4 Å². The number of hydrogen-bond donors (Lipinski definition) is 2. The van der Waals surface area contributed by atoms with Crippen molar-refractivity contribution in [2.45, 2.75) is 0 Å². The number of aromatic hydroxyl groups is 1. The molecule has 0 saturated carbocycles. The Balaban J connectivity index is 3.09. The van der Waals surface area contributed by atoms with Gasteiger partial charge < -0.3 is 10.8 Å². The number of carbonyl (C=O) groups excluding carboxylic acids is 2. The Morgan fingerprint density at radius 2 is 2.21 bits per heavy atom. The highest BCUT2D eigenvalue weighted by molar-refractivity contribution is 5.92. The van der Waals surface area contributed by atoms with Crippen LogP contribution < -0.4 is 5.73 Å². The zero-order valence-corrected chi connectivity index (χ0v) is 7.15. The van der Waals surface area contributed by atoms with Gasteiger partial charge in [0.05, 0.1) is 5.56 Å². The van der Waals surface area contributed by atoms with Crippen LogP contribution in [0.2, 0.25) is 0 Å². The zero-order chi connectivity index (χ0) is 10.6. The highest BCUT2D eigenvalue weighted by Crippen LogP contribution is 2.15. The lowest BCUT2D eigenvalue weighted by atomic mass is 10.1. The van der Waals surface area contributed by atoms with Crippen molar-refractivity contribution < 1.29 is 14.7 Å². The fraction of sp³-hybridized carbons (Fsp3) is 0. The molecule has 3 N–H and O–H groups in total. The molecule has 0 spiro atoms. The van der Waals surface area contributed by atoms with E-state index in [-0.39, 0.29) is 11.3 Å². The fourth-order valence-corrected chi connectivity index (χ4v) is 0.860. The van der Waals surface area contributed by atoms with Crippen LogP contribution in [0.5, 0.6) is 5.75 Å². The second kappa shape index (κ2) is 4.10. The van der Waals surface area contributed by atoms with Gasteiger partial charge in [-0.25, -0.2) is 0 Å². The van der Waals surface area contributed by atoms with Crippen molar-refractivity contribution >= 4 is 12.2 Å². The summed E-state index contributed by atoms with van der Waals surface area (Å²) in [6.07, 6.45) is 0.505. The molecule has 1 rings (SSSR count). The summed E-state index contributed by atoms with van der Waals surface area (Å²) >= 11 is 0. The van der Waals surface area contributed by atoms with Gasteiger partial charge >= 0.3 is 0 Å². The van der Waals surface area contributed by atoms with Crippen LogP contribution in [0.15, 0.2) is 18.2 Å². The van der Waals surface area contributed by atoms with Crippen LogP contribution in [-0.4, -0.2) is 17.3 Å². The van der Waals surface area contributed by atoms with Crippen LogP contribution in [0.25, 0.3) is 0 Å². The van der Waals surface area contributed by atoms with Gasteiger partial charge in [-0.05, 0) is 24.1 Å². The molecule has 0 atom stereocenters. The van der Waals surface area contributed by atoms with E-state index in [4.69, 9.17) is 10.8 Å². The average Bonchev–Trinajstić information content (AvgIpc) is 2.16. The molecule has 0 unspecified atom stereocenters. The third kappa shape index (κ3) is 2.35. The number of hydrogen-bond acceptors (Lipinski definition) is 3. The Labute approximate surface area is 80.3 Å². The van der Waals surface area contributed by atoms with E-state index in [1.165, 1.54) is 18.2 Å². The maximum absolute atomic E-state index is 10.4. The van der Waals surface area contributed by atoms with Crippen molar-refractivity contribution in [2.75, 3.05) is 0 Å². The molecule has 0 bridgehead atoms. The molecule has 0 heterocycles. The first-order chi connectivity index (χ1) is 6.63. The summed E-state index contributed by atoms with van der Waals surface area (Å²) in [6.45, 7) is 0. The van der Waals surface area contributed by atoms with Gasteiger partial charge in [-0.3, -0.25) is 9.59 Å². The highest BCUT2D eigenvalue weighted by Gasteiger charge is 1.99. The third-order valence-electron chi connectivity index (χ3n) is 1.48. The highest BCUT2D eigenvalue weighted by atomic mass is 16.3. The summed E-state index contributed by atoms with van der Waals surface area (Å²) in [5.74, 6) is 3.71. The van der Waals surface area contributed by atoms with Crippen molar-refractivity contribution in [1.82, 2.24) is 0 Å². The summed E-state index contributed by atoms with van der Waals surface area (Å²) in [4.78, 5) is 20.7. The quantitative estimate of drug-likeness (QED) is 0.483. The maximum atomic E-state index is 10.4. The van der Waals surface area contributed by atoms with Crippen LogP contribution in [0.1, 0.15) is 15.9 Å². The van der Waals surface area contributed by atoms with Crippen molar-refractivity contribution in [1.29, 1.82) is 0 Å². The van der Waals surface area contributed by atoms with E-state index in [9.17, 15) is 9.59 Å². The van der Waals surface area contributed by atoms with Crippen molar-refractivity contribution in [3.63, 3.8) is 0 Å². The van der Waals surface area contributed by atoms with Crippen molar-refractivity contribution in [3.05, 3.63) is 29.3 Å². The smallest absolute Gasteiger partial charge is 0.293 e. The summed E-state index contributed by atoms with van der Waals surface area (Å²) in [5, 5.41) is 9.14. The van der Waals surface area contributed by atoms with E-state index >= 15 is 0 Å². The van der Waals surface area contributed by atoms with E-state index in [0.717, 1.165) is 0 Å². The van der Waals surface area contributed by atoms with Crippen LogP contribution in [0, 0.1) is 11.8 Å². The molecule has 4 nitrogen and oxygen atoms in total. The van der Waals surface area contributed by atoms with E-state index < -0.39 is 5.91 Å². The Hall–Kier alpha value is -2.28. The van der Waals surface area contributed by atoms with Gasteiger partial charge in [0.2, 0.25) is 0 Å². The van der Waals surface area contributed by atoms with Gasteiger partial charge in [0.15, 0.2) is 6.29 Å². The molecular weight excluding hydrogens is 182 g/mol. The van der Waals surface area contributed by atoms with E-state index in [2.05, 4.69) is 11.8 Å². The number of amides is 1. The predicted octanol–water partition coefficient (Wildman–Crippen LogP) is 0.0415. The lowest BCUT2D eigenvalue weighted by molar-refractivity contribution is -0.112. The van der Waals surface area contributed by atoms with E-state index in [1.807, 2.05) is 0 Å². The van der Waals surface area contributed by atoms with Crippen molar-refractivity contribution in [2.24, 2.45) is 5.73 Å². The first kappa shape index (κ1) is 9.81. The average molecular weight is 189 g/mol. The van der Waals surface area contributed by atoms with E-state index in [0.29, 0.717) is 11.8 Å². The third-order valence-corrected chi connectivity index (χ3v) is 1.48. The molecule has 0 radical (unpaired) electrons. The summed E-state index contributed by atoms with van der Waals surface area (Å²) in [5.41, 5.74) is 5.38. The maximum Gasteiger partial charge on any atom is 0.293 e. The Kier molecular flexibility index (Phi) is 2.87. The molecule has 0 fully saturated rings. The number of aldehydes is 1. The van der Waals surface area contributed by atoms with Gasteiger partial charge in [0, 0.05) is 5.56 Å². The SMILES string of the molecule is NC(=O)C#Cc1ccc(O)c(C=O)c1. The monoisotopic (exact) mass is 189 g/mol. The summed E-state index contributed by atoms with van der Waals surface area (Å²) in [7, 11) is 0. The molecule has 1 aromatic carbocycles. The summed E-state index contributed by atoms with van der Waals surface area (Å²) in [6, 6.07) is 4.19. The fourth-order valence-electron chi connectivity index (χ4n) is 0.860. The number of rotatable bonds is 1. The molecule has 4 heteroatoms. The van der Waals surface area contributed by atoms with Gasteiger partial charge in [-0.1, -0.05) is 5.92 Å². The van der Waals surface area contributed by atoms with Crippen LogP contribution in [0.4, 0.5) is 0 Å². The number of phenolic OH excluding ortho intramolecular Hbond substituents is 1. The second-order valence-corrected chi connectivity index (χ2v) is 2.51. The number of nitrogens with two attached hydrogens (primary N) is 1. The minimum Gasteiger partial charge on any atom is -0.507 e. The number of phenols is 1. The van der Waals surface area contributed by atoms with Gasteiger partial charge in [0.1, 0.15) is 5.75 Å². The van der Waals surface area contributed by atoms with Gasteiger partial charge in [-0.2, -0.15) is 0 Å². The minimum absolute atomic E-state index is 0.121. The molecule has 70 valence electrons. The number of carbonyl (C=O) groups is 2. The molecule has 14 heavy (non-hydrogen) atoms.